The largest absolute Gasteiger partial charge is 0.490 e. The lowest BCUT2D eigenvalue weighted by atomic mass is 9.91. The summed E-state index contributed by atoms with van der Waals surface area (Å²) >= 11 is 6.73. The van der Waals surface area contributed by atoms with E-state index in [-0.39, 0.29) is 12.0 Å². The first-order valence-corrected chi connectivity index (χ1v) is 11.1. The number of hydrogen-bond donors (Lipinski definition) is 1. The van der Waals surface area contributed by atoms with Gasteiger partial charge in [0.15, 0.2) is 0 Å². The number of nitrogen functional groups attached to an aromatic ring is 1. The number of pyridine rings is 1. The Kier molecular flexibility index (Phi) is 5.96. The molecule has 2 N–H and O–H groups in total. The van der Waals surface area contributed by atoms with E-state index in [0.717, 1.165) is 45.0 Å². The summed E-state index contributed by atoms with van der Waals surface area (Å²) < 4.78 is 8.35. The van der Waals surface area contributed by atoms with Crippen molar-refractivity contribution in [3.63, 3.8) is 0 Å². The third-order valence-electron chi connectivity index (χ3n) is 5.66. The van der Waals surface area contributed by atoms with Gasteiger partial charge in [-0.25, -0.2) is 15.0 Å². The number of anilines is 1. The Morgan fingerprint density at radius 2 is 1.94 bits per heavy atom. The van der Waals surface area contributed by atoms with Gasteiger partial charge in [-0.3, -0.25) is 4.40 Å². The molecule has 33 heavy (non-hydrogen) atoms. The number of fused-ring (bicyclic) bond motifs is 1. The molecule has 0 unspecified atom stereocenters. The molecule has 168 valence electrons. The minimum Gasteiger partial charge on any atom is -0.490 e. The van der Waals surface area contributed by atoms with Crippen molar-refractivity contribution in [1.29, 1.82) is 5.26 Å². The van der Waals surface area contributed by atoms with E-state index >= 15 is 0 Å². The second-order valence-electron chi connectivity index (χ2n) is 8.30. The molecular weight excluding hydrogens is 436 g/mol. The summed E-state index contributed by atoms with van der Waals surface area (Å²) in [4.78, 5) is 13.3. The summed E-state index contributed by atoms with van der Waals surface area (Å²) in [6, 6.07) is 7.57. The Morgan fingerprint density at radius 1 is 1.18 bits per heavy atom. The highest BCUT2D eigenvalue weighted by molar-refractivity contribution is 6.32. The number of aromatic nitrogens is 4. The van der Waals surface area contributed by atoms with Gasteiger partial charge in [0.25, 0.3) is 0 Å². The molecule has 3 aromatic heterocycles. The average Bonchev–Trinajstić information content (AvgIpc) is 3.13. The number of hydrogen-bond acceptors (Lipinski definition) is 6. The maximum Gasteiger partial charge on any atom is 0.149 e. The van der Waals surface area contributed by atoms with E-state index < -0.39 is 0 Å². The number of imidazole rings is 1. The van der Waals surface area contributed by atoms with Gasteiger partial charge >= 0.3 is 0 Å². The highest BCUT2D eigenvalue weighted by Crippen LogP contribution is 2.44. The smallest absolute Gasteiger partial charge is 0.149 e. The summed E-state index contributed by atoms with van der Waals surface area (Å²) in [6.07, 6.45) is 5.14. The fraction of sp³-hybridized carbons (Fsp3) is 0.280. The Hall–Kier alpha value is -3.63. The molecule has 7 nitrogen and oxygen atoms in total. The predicted octanol–water partition coefficient (Wildman–Crippen LogP) is 5.45. The zero-order valence-corrected chi connectivity index (χ0v) is 20.0. The molecule has 8 heteroatoms. The van der Waals surface area contributed by atoms with Crippen molar-refractivity contribution in [2.24, 2.45) is 0 Å². The minimum atomic E-state index is -0.162. The summed E-state index contributed by atoms with van der Waals surface area (Å²) in [5.41, 5.74) is 11.5. The van der Waals surface area contributed by atoms with Crippen molar-refractivity contribution in [2.45, 2.75) is 46.6 Å². The zero-order valence-electron chi connectivity index (χ0n) is 19.2. The van der Waals surface area contributed by atoms with E-state index in [1.165, 1.54) is 0 Å². The van der Waals surface area contributed by atoms with Crippen LogP contribution in [0.25, 0.3) is 16.6 Å². The van der Waals surface area contributed by atoms with E-state index in [2.05, 4.69) is 23.0 Å². The van der Waals surface area contributed by atoms with Gasteiger partial charge in [0, 0.05) is 46.2 Å². The molecule has 4 aromatic rings. The van der Waals surface area contributed by atoms with Gasteiger partial charge in [-0.15, -0.1) is 0 Å². The van der Waals surface area contributed by atoms with Crippen molar-refractivity contribution in [1.82, 2.24) is 19.4 Å². The van der Waals surface area contributed by atoms with Crippen LogP contribution in [0.15, 0.2) is 36.8 Å². The first kappa shape index (κ1) is 22.6. The van der Waals surface area contributed by atoms with Crippen molar-refractivity contribution in [3.05, 3.63) is 70.2 Å². The zero-order chi connectivity index (χ0) is 23.9. The van der Waals surface area contributed by atoms with Crippen LogP contribution in [0.2, 0.25) is 5.02 Å². The molecule has 0 fully saturated rings. The normalized spacial score (nSPS) is 12.2. The SMILES string of the molecule is Cc1c(Cl)cc([C@H](C)c2nc(C)c3c(N)nccn23)c(OC(C)C)c1-c1ccc(C#N)nc1. The van der Waals surface area contributed by atoms with Crippen LogP contribution in [0, 0.1) is 25.2 Å². The summed E-state index contributed by atoms with van der Waals surface area (Å²) in [5.74, 6) is 1.81. The van der Waals surface area contributed by atoms with Gasteiger partial charge in [-0.2, -0.15) is 5.26 Å². The first-order valence-electron chi connectivity index (χ1n) is 10.7. The van der Waals surface area contributed by atoms with Crippen LogP contribution < -0.4 is 10.5 Å². The number of nitrogens with zero attached hydrogens (tertiary/aromatic N) is 5. The highest BCUT2D eigenvalue weighted by atomic mass is 35.5. The summed E-state index contributed by atoms with van der Waals surface area (Å²) in [6.45, 7) is 9.92. The Labute approximate surface area is 197 Å². The fourth-order valence-corrected chi connectivity index (χ4v) is 4.31. The van der Waals surface area contributed by atoms with Crippen molar-refractivity contribution < 1.29 is 4.74 Å². The van der Waals surface area contributed by atoms with Crippen LogP contribution in [-0.4, -0.2) is 25.5 Å². The Balaban J connectivity index is 1.98. The lowest BCUT2D eigenvalue weighted by Crippen LogP contribution is -2.12. The van der Waals surface area contributed by atoms with Gasteiger partial charge in [-0.05, 0) is 51.5 Å². The maximum atomic E-state index is 9.14. The van der Waals surface area contributed by atoms with Crippen LogP contribution in [-0.2, 0) is 0 Å². The molecule has 0 aliphatic heterocycles. The second-order valence-corrected chi connectivity index (χ2v) is 8.70. The third kappa shape index (κ3) is 3.98. The molecule has 1 aromatic carbocycles. The number of ether oxygens (including phenoxy) is 1. The molecule has 0 saturated heterocycles. The third-order valence-corrected chi connectivity index (χ3v) is 6.06. The highest BCUT2D eigenvalue weighted by Gasteiger charge is 2.26. The number of nitrogens with two attached hydrogens (primary N) is 1. The first-order chi connectivity index (χ1) is 15.7. The molecule has 0 bridgehead atoms. The Bertz CT molecular complexity index is 1390. The quantitative estimate of drug-likeness (QED) is 0.424. The topological polar surface area (TPSA) is 102 Å². The molecule has 4 rings (SSSR count). The minimum absolute atomic E-state index is 0.0692. The van der Waals surface area contributed by atoms with Crippen LogP contribution in [0.3, 0.4) is 0 Å². The van der Waals surface area contributed by atoms with Gasteiger partial charge in [0.1, 0.15) is 34.7 Å². The monoisotopic (exact) mass is 460 g/mol. The summed E-state index contributed by atoms with van der Waals surface area (Å²) in [5, 5.41) is 9.76. The number of halogens is 1. The molecule has 0 saturated carbocycles. The van der Waals surface area contributed by atoms with Crippen LogP contribution in [0.1, 0.15) is 55.0 Å². The van der Waals surface area contributed by atoms with Gasteiger partial charge < -0.3 is 10.5 Å². The number of nitriles is 1. The fourth-order valence-electron chi connectivity index (χ4n) is 4.10. The lowest BCUT2D eigenvalue weighted by Gasteiger charge is -2.24. The molecule has 3 heterocycles. The standard InChI is InChI=1S/C25H25ClN6O/c1-13(2)33-23-19(14(3)25-31-16(5)22-24(28)29-8-9-32(22)25)10-20(26)15(4)21(23)17-6-7-18(11-27)30-12-17/h6-10,12-14H,1-5H3,(H2,28,29)/t14-/m0/s1. The lowest BCUT2D eigenvalue weighted by molar-refractivity contribution is 0.240. The molecule has 0 radical (unpaired) electrons. The van der Waals surface area contributed by atoms with Crippen molar-refractivity contribution >= 4 is 22.9 Å². The van der Waals surface area contributed by atoms with Crippen molar-refractivity contribution in [3.8, 4) is 22.9 Å². The molecule has 0 aliphatic carbocycles. The van der Waals surface area contributed by atoms with E-state index in [9.17, 15) is 0 Å². The van der Waals surface area contributed by atoms with Gasteiger partial charge in [0.2, 0.25) is 0 Å². The van der Waals surface area contributed by atoms with Gasteiger partial charge in [0.05, 0.1) is 11.8 Å². The van der Waals surface area contributed by atoms with Crippen LogP contribution in [0.5, 0.6) is 5.75 Å². The number of aryl methyl sites for hydroxylation is 1. The Morgan fingerprint density at radius 3 is 2.58 bits per heavy atom. The predicted molar refractivity (Wildman–Crippen MR) is 130 cm³/mol. The van der Waals surface area contributed by atoms with Crippen molar-refractivity contribution in [2.75, 3.05) is 5.73 Å². The van der Waals surface area contributed by atoms with Crippen LogP contribution in [0.4, 0.5) is 5.82 Å². The molecule has 0 aliphatic rings. The van der Waals surface area contributed by atoms with E-state index in [4.69, 9.17) is 32.3 Å². The summed E-state index contributed by atoms with van der Waals surface area (Å²) in [7, 11) is 0. The molecule has 1 atom stereocenters. The molecule has 0 spiro atoms. The number of benzene rings is 1. The number of rotatable bonds is 5. The van der Waals surface area contributed by atoms with Crippen LogP contribution >= 0.6 is 11.6 Å². The van der Waals surface area contributed by atoms with E-state index in [0.29, 0.717) is 16.5 Å². The van der Waals surface area contributed by atoms with Gasteiger partial charge in [-0.1, -0.05) is 18.5 Å². The van der Waals surface area contributed by atoms with E-state index in [1.54, 1.807) is 18.5 Å². The van der Waals surface area contributed by atoms with E-state index in [1.807, 2.05) is 50.4 Å². The molecule has 0 amide bonds. The average molecular weight is 461 g/mol. The second kappa shape index (κ2) is 8.72. The maximum absolute atomic E-state index is 9.14. The molecular formula is C25H25ClN6O.